The molecule has 0 aliphatic carbocycles. The van der Waals surface area contributed by atoms with Crippen LogP contribution in [0.4, 0.5) is 10.1 Å². The lowest BCUT2D eigenvalue weighted by Crippen LogP contribution is -2.22. The Bertz CT molecular complexity index is 976. The molecule has 0 aromatic heterocycles. The summed E-state index contributed by atoms with van der Waals surface area (Å²) in [5.74, 6) is -0.609. The van der Waals surface area contributed by atoms with Crippen molar-refractivity contribution < 1.29 is 21.2 Å². The molecule has 0 aliphatic heterocycles. The predicted molar refractivity (Wildman–Crippen MR) is 89.5 cm³/mol. The lowest BCUT2D eigenvalue weighted by atomic mass is 10.3. The zero-order valence-corrected chi connectivity index (χ0v) is 15.1. The normalized spacial score (nSPS) is 12.4. The molecule has 2 rings (SSSR count). The molecule has 10 heteroatoms. The maximum absolute atomic E-state index is 13.0. The quantitative estimate of drug-likeness (QED) is 0.847. The van der Waals surface area contributed by atoms with Gasteiger partial charge in [-0.2, -0.15) is 0 Å². The number of benzene rings is 2. The topological polar surface area (TPSA) is 83.6 Å². The first-order valence-electron chi connectivity index (χ1n) is 6.54. The predicted octanol–water partition coefficient (Wildman–Crippen LogP) is 2.53. The Balaban J connectivity index is 2.44. The van der Waals surface area contributed by atoms with Gasteiger partial charge in [-0.1, -0.05) is 17.7 Å². The Morgan fingerprint density at radius 1 is 1.00 bits per heavy atom. The summed E-state index contributed by atoms with van der Waals surface area (Å²) in [5.41, 5.74) is -0.0149. The molecule has 0 radical (unpaired) electrons. The van der Waals surface area contributed by atoms with Gasteiger partial charge < -0.3 is 0 Å². The average molecular weight is 393 g/mol. The molecule has 1 N–H and O–H groups in total. The molecular formula is C14H14ClFN2O4S2. The summed E-state index contributed by atoms with van der Waals surface area (Å²) in [5, 5.41) is -0.115. The first-order chi connectivity index (χ1) is 11.0. The van der Waals surface area contributed by atoms with E-state index in [4.69, 9.17) is 11.6 Å². The second kappa shape index (κ2) is 6.67. The molecule has 0 fully saturated rings. The van der Waals surface area contributed by atoms with E-state index in [0.717, 1.165) is 22.5 Å². The van der Waals surface area contributed by atoms with Crippen LogP contribution in [0.1, 0.15) is 0 Å². The number of anilines is 1. The first-order valence-corrected chi connectivity index (χ1v) is 9.84. The zero-order chi connectivity index (χ0) is 18.1. The van der Waals surface area contributed by atoms with E-state index in [1.807, 2.05) is 0 Å². The van der Waals surface area contributed by atoms with Crippen molar-refractivity contribution in [3.8, 4) is 0 Å². The van der Waals surface area contributed by atoms with Crippen molar-refractivity contribution in [3.63, 3.8) is 0 Å². The Labute approximate surface area is 145 Å². The molecule has 0 saturated heterocycles. The molecule has 0 atom stereocenters. The highest BCUT2D eigenvalue weighted by Gasteiger charge is 2.22. The summed E-state index contributed by atoms with van der Waals surface area (Å²) in [6.07, 6.45) is 0. The Morgan fingerprint density at radius 2 is 1.62 bits per heavy atom. The molecule has 130 valence electrons. The lowest BCUT2D eigenvalue weighted by molar-refractivity contribution is 0.520. The van der Waals surface area contributed by atoms with E-state index in [0.29, 0.717) is 0 Å². The van der Waals surface area contributed by atoms with Gasteiger partial charge in [0.15, 0.2) is 0 Å². The maximum atomic E-state index is 13.0. The highest BCUT2D eigenvalue weighted by atomic mass is 35.5. The zero-order valence-electron chi connectivity index (χ0n) is 12.7. The van der Waals surface area contributed by atoms with Crippen LogP contribution in [0, 0.1) is 5.82 Å². The summed E-state index contributed by atoms with van der Waals surface area (Å²) < 4.78 is 65.3. The van der Waals surface area contributed by atoms with Gasteiger partial charge in [0.2, 0.25) is 10.0 Å². The molecule has 0 aliphatic rings. The fourth-order valence-electron chi connectivity index (χ4n) is 1.79. The monoisotopic (exact) mass is 392 g/mol. The van der Waals surface area contributed by atoms with Gasteiger partial charge in [-0.15, -0.1) is 0 Å². The van der Waals surface area contributed by atoms with E-state index in [9.17, 15) is 21.2 Å². The fraction of sp³-hybridized carbons (Fsp3) is 0.143. The second-order valence-corrected chi connectivity index (χ2v) is 9.23. The Kier molecular flexibility index (Phi) is 5.19. The average Bonchev–Trinajstić information content (AvgIpc) is 2.50. The third-order valence-electron chi connectivity index (χ3n) is 3.07. The minimum Gasteiger partial charge on any atom is -0.278 e. The molecule has 6 nitrogen and oxygen atoms in total. The summed E-state index contributed by atoms with van der Waals surface area (Å²) in [6.45, 7) is 0. The highest BCUT2D eigenvalue weighted by Crippen LogP contribution is 2.26. The van der Waals surface area contributed by atoms with Crippen molar-refractivity contribution in [2.75, 3.05) is 18.8 Å². The molecule has 0 amide bonds. The summed E-state index contributed by atoms with van der Waals surface area (Å²) in [6, 6.07) is 8.08. The Hall–Kier alpha value is -1.68. The minimum absolute atomic E-state index is 0.0149. The van der Waals surface area contributed by atoms with Gasteiger partial charge in [0.05, 0.1) is 20.5 Å². The highest BCUT2D eigenvalue weighted by molar-refractivity contribution is 7.93. The molecule has 0 spiro atoms. The number of nitrogens with one attached hydrogen (secondary N) is 1. The van der Waals surface area contributed by atoms with Gasteiger partial charge >= 0.3 is 0 Å². The van der Waals surface area contributed by atoms with Crippen molar-refractivity contribution >= 4 is 37.3 Å². The van der Waals surface area contributed by atoms with Crippen molar-refractivity contribution in [2.45, 2.75) is 9.79 Å². The van der Waals surface area contributed by atoms with Crippen LogP contribution < -0.4 is 4.72 Å². The van der Waals surface area contributed by atoms with Crippen LogP contribution in [0.5, 0.6) is 0 Å². The third-order valence-corrected chi connectivity index (χ3v) is 6.56. The van der Waals surface area contributed by atoms with Crippen LogP contribution >= 0.6 is 11.6 Å². The number of sulfonamides is 2. The summed E-state index contributed by atoms with van der Waals surface area (Å²) in [4.78, 5) is -0.425. The second-order valence-electron chi connectivity index (χ2n) is 4.99. The van der Waals surface area contributed by atoms with Crippen molar-refractivity contribution in [1.29, 1.82) is 0 Å². The van der Waals surface area contributed by atoms with Crippen molar-refractivity contribution in [3.05, 3.63) is 53.3 Å². The van der Waals surface area contributed by atoms with Gasteiger partial charge in [0, 0.05) is 14.1 Å². The van der Waals surface area contributed by atoms with E-state index in [2.05, 4.69) is 4.72 Å². The molecular weight excluding hydrogens is 379 g/mol. The van der Waals surface area contributed by atoms with Gasteiger partial charge in [0.1, 0.15) is 5.82 Å². The number of hydrogen-bond acceptors (Lipinski definition) is 4. The maximum Gasteiger partial charge on any atom is 0.261 e. The molecule has 24 heavy (non-hydrogen) atoms. The van der Waals surface area contributed by atoms with Crippen LogP contribution in [0.25, 0.3) is 0 Å². The standard InChI is InChI=1S/C14H14ClFN2O4S2/c1-18(2)24(21,22)12-5-3-4-11(9-12)23(19,20)17-14-7-6-10(16)8-13(14)15/h3-9,17H,1-2H3. The molecule has 0 saturated carbocycles. The number of nitrogens with zero attached hydrogens (tertiary/aromatic N) is 1. The molecule has 0 unspecified atom stereocenters. The molecule has 0 bridgehead atoms. The van der Waals surface area contributed by atoms with E-state index in [1.54, 1.807) is 0 Å². The fourth-order valence-corrected chi connectivity index (χ4v) is 4.21. The van der Waals surface area contributed by atoms with E-state index >= 15 is 0 Å². The Morgan fingerprint density at radius 3 is 2.21 bits per heavy atom. The van der Waals surface area contributed by atoms with Crippen LogP contribution in [0.2, 0.25) is 5.02 Å². The van der Waals surface area contributed by atoms with Crippen LogP contribution in [0.3, 0.4) is 0 Å². The van der Waals surface area contributed by atoms with Gasteiger partial charge in [-0.05, 0) is 36.4 Å². The summed E-state index contributed by atoms with van der Waals surface area (Å²) >= 11 is 5.80. The van der Waals surface area contributed by atoms with Gasteiger partial charge in [-0.3, -0.25) is 4.72 Å². The van der Waals surface area contributed by atoms with Gasteiger partial charge in [0.25, 0.3) is 10.0 Å². The molecule has 2 aromatic carbocycles. The lowest BCUT2D eigenvalue weighted by Gasteiger charge is -2.13. The molecule has 0 heterocycles. The number of rotatable bonds is 5. The number of halogens is 2. The minimum atomic E-state index is -4.10. The van der Waals surface area contributed by atoms with E-state index < -0.39 is 25.9 Å². The van der Waals surface area contributed by atoms with Crippen molar-refractivity contribution in [1.82, 2.24) is 4.31 Å². The third kappa shape index (κ3) is 3.86. The van der Waals surface area contributed by atoms with Crippen molar-refractivity contribution in [2.24, 2.45) is 0 Å². The van der Waals surface area contributed by atoms with Crippen LogP contribution in [-0.4, -0.2) is 35.2 Å². The largest absolute Gasteiger partial charge is 0.278 e. The van der Waals surface area contributed by atoms with Crippen LogP contribution in [0.15, 0.2) is 52.3 Å². The van der Waals surface area contributed by atoms with Gasteiger partial charge in [-0.25, -0.2) is 25.5 Å². The molecule has 2 aromatic rings. The SMILES string of the molecule is CN(C)S(=O)(=O)c1cccc(S(=O)(=O)Nc2ccc(F)cc2Cl)c1. The van der Waals surface area contributed by atoms with Crippen LogP contribution in [-0.2, 0) is 20.0 Å². The van der Waals surface area contributed by atoms with E-state index in [-0.39, 0.29) is 20.5 Å². The van der Waals surface area contributed by atoms with E-state index in [1.165, 1.54) is 38.4 Å². The first kappa shape index (κ1) is 18.7. The summed E-state index contributed by atoms with van der Waals surface area (Å²) in [7, 11) is -5.20. The number of hydrogen-bond donors (Lipinski definition) is 1. The smallest absolute Gasteiger partial charge is 0.261 e.